The quantitative estimate of drug-likeness (QED) is 0.461. The lowest BCUT2D eigenvalue weighted by Crippen LogP contribution is -2.12. The van der Waals surface area contributed by atoms with Crippen LogP contribution in [0.3, 0.4) is 0 Å². The highest BCUT2D eigenvalue weighted by molar-refractivity contribution is 6.30. The van der Waals surface area contributed by atoms with Crippen LogP contribution in [-0.2, 0) is 0 Å². The van der Waals surface area contributed by atoms with Crippen molar-refractivity contribution in [3.63, 3.8) is 0 Å². The maximum absolute atomic E-state index is 12.9. The number of halogens is 2. The van der Waals surface area contributed by atoms with Crippen LogP contribution in [0.1, 0.15) is 26.3 Å². The van der Waals surface area contributed by atoms with Gasteiger partial charge in [-0.2, -0.15) is 0 Å². The van der Waals surface area contributed by atoms with E-state index in [9.17, 15) is 14.0 Å². The highest BCUT2D eigenvalue weighted by Crippen LogP contribution is 2.15. The van der Waals surface area contributed by atoms with Crippen molar-refractivity contribution in [3.8, 4) is 0 Å². The van der Waals surface area contributed by atoms with Crippen LogP contribution in [-0.4, -0.2) is 11.7 Å². The van der Waals surface area contributed by atoms with Gasteiger partial charge >= 0.3 is 0 Å². The van der Waals surface area contributed by atoms with Crippen molar-refractivity contribution >= 4 is 35.1 Å². The summed E-state index contributed by atoms with van der Waals surface area (Å²) in [4.78, 5) is 24.6. The zero-order valence-electron chi connectivity index (χ0n) is 14.2. The molecule has 3 rings (SSSR count). The second-order valence-electron chi connectivity index (χ2n) is 5.79. The number of carbonyl (C=O) groups excluding carboxylic acids is 2. The van der Waals surface area contributed by atoms with Crippen molar-refractivity contribution in [1.82, 2.24) is 0 Å². The Morgan fingerprint density at radius 2 is 1.59 bits per heavy atom. The number of benzene rings is 3. The Hall–Kier alpha value is -3.24. The minimum atomic E-state index is -0.331. The van der Waals surface area contributed by atoms with Gasteiger partial charge in [0.15, 0.2) is 5.78 Å². The highest BCUT2D eigenvalue weighted by Gasteiger charge is 2.08. The third-order valence-electron chi connectivity index (χ3n) is 3.81. The number of carbonyl (C=O) groups is 2. The number of anilines is 1. The van der Waals surface area contributed by atoms with Gasteiger partial charge in [0.2, 0.25) is 0 Å². The Kier molecular flexibility index (Phi) is 5.79. The molecular weight excluding hydrogens is 365 g/mol. The molecule has 3 nitrogen and oxygen atoms in total. The van der Waals surface area contributed by atoms with Crippen molar-refractivity contribution in [2.24, 2.45) is 0 Å². The van der Waals surface area contributed by atoms with E-state index in [4.69, 9.17) is 11.6 Å². The molecule has 0 aliphatic rings. The number of hydrogen-bond acceptors (Lipinski definition) is 2. The molecule has 0 fully saturated rings. The maximum atomic E-state index is 12.9. The second kappa shape index (κ2) is 8.43. The predicted molar refractivity (Wildman–Crippen MR) is 106 cm³/mol. The molecule has 3 aromatic rings. The minimum Gasteiger partial charge on any atom is -0.322 e. The Bertz CT molecular complexity index is 996. The Balaban J connectivity index is 1.70. The molecule has 0 radical (unpaired) electrons. The van der Waals surface area contributed by atoms with E-state index >= 15 is 0 Å². The summed E-state index contributed by atoms with van der Waals surface area (Å²) in [7, 11) is 0. The molecule has 0 aromatic heterocycles. The van der Waals surface area contributed by atoms with Crippen LogP contribution in [0.4, 0.5) is 10.1 Å². The van der Waals surface area contributed by atoms with Crippen molar-refractivity contribution in [2.75, 3.05) is 5.32 Å². The van der Waals surface area contributed by atoms with Crippen LogP contribution < -0.4 is 5.32 Å². The molecule has 0 spiro atoms. The summed E-state index contributed by atoms with van der Waals surface area (Å²) in [5.41, 5.74) is 2.13. The van der Waals surface area contributed by atoms with Gasteiger partial charge in [-0.3, -0.25) is 9.59 Å². The van der Waals surface area contributed by atoms with E-state index in [1.165, 1.54) is 18.2 Å². The van der Waals surface area contributed by atoms with Crippen molar-refractivity contribution in [1.29, 1.82) is 0 Å². The highest BCUT2D eigenvalue weighted by atomic mass is 35.5. The molecule has 0 atom stereocenters. The first-order valence-electron chi connectivity index (χ1n) is 8.16. The van der Waals surface area contributed by atoms with Crippen LogP contribution in [0.25, 0.3) is 6.08 Å². The fraction of sp³-hybridized carbons (Fsp3) is 0. The molecule has 0 heterocycles. The van der Waals surface area contributed by atoms with Gasteiger partial charge in [0, 0.05) is 21.8 Å². The zero-order valence-corrected chi connectivity index (χ0v) is 14.9. The summed E-state index contributed by atoms with van der Waals surface area (Å²) in [6.07, 6.45) is 3.02. The van der Waals surface area contributed by atoms with E-state index in [0.717, 1.165) is 5.56 Å². The topological polar surface area (TPSA) is 46.2 Å². The van der Waals surface area contributed by atoms with Crippen LogP contribution in [0.5, 0.6) is 0 Å². The third kappa shape index (κ3) is 5.12. The van der Waals surface area contributed by atoms with E-state index in [0.29, 0.717) is 21.8 Å². The molecule has 3 aromatic carbocycles. The van der Waals surface area contributed by atoms with E-state index in [2.05, 4.69) is 5.32 Å². The lowest BCUT2D eigenvalue weighted by atomic mass is 10.1. The summed E-state index contributed by atoms with van der Waals surface area (Å²) >= 11 is 5.82. The SMILES string of the molecule is O=C(/C=C/c1ccc(F)cc1)c1cccc(NC(=O)c2ccc(Cl)cc2)c1. The summed E-state index contributed by atoms with van der Waals surface area (Å²) < 4.78 is 12.9. The molecule has 27 heavy (non-hydrogen) atoms. The third-order valence-corrected chi connectivity index (χ3v) is 4.06. The van der Waals surface area contributed by atoms with Crippen molar-refractivity contribution < 1.29 is 14.0 Å². The molecule has 1 N–H and O–H groups in total. The molecule has 0 saturated carbocycles. The molecule has 0 saturated heterocycles. The minimum absolute atomic E-state index is 0.220. The molecule has 0 bridgehead atoms. The molecule has 0 aliphatic carbocycles. The number of hydrogen-bond donors (Lipinski definition) is 1. The van der Waals surface area contributed by atoms with Gasteiger partial charge in [-0.15, -0.1) is 0 Å². The second-order valence-corrected chi connectivity index (χ2v) is 6.23. The Morgan fingerprint density at radius 1 is 0.889 bits per heavy atom. The van der Waals surface area contributed by atoms with Crippen LogP contribution in [0.15, 0.2) is 78.9 Å². The Labute approximate surface area is 161 Å². The molecule has 0 unspecified atom stereocenters. The van der Waals surface area contributed by atoms with Gasteiger partial charge in [-0.1, -0.05) is 41.9 Å². The van der Waals surface area contributed by atoms with Gasteiger partial charge in [-0.25, -0.2) is 4.39 Å². The summed E-state index contributed by atoms with van der Waals surface area (Å²) in [6.45, 7) is 0. The van der Waals surface area contributed by atoms with Crippen LogP contribution >= 0.6 is 11.6 Å². The number of amides is 1. The fourth-order valence-electron chi connectivity index (χ4n) is 2.40. The standard InChI is InChI=1S/C22H15ClFNO2/c23-18-9-7-16(8-10-18)22(27)25-20-3-1-2-17(14-20)21(26)13-6-15-4-11-19(24)12-5-15/h1-14H,(H,25,27)/b13-6+. The first-order chi connectivity index (χ1) is 13.0. The molecule has 5 heteroatoms. The van der Waals surface area contributed by atoms with Crippen molar-refractivity contribution in [2.45, 2.75) is 0 Å². The number of ketones is 1. The van der Waals surface area contributed by atoms with Gasteiger partial charge in [0.25, 0.3) is 5.91 Å². The lowest BCUT2D eigenvalue weighted by molar-refractivity contribution is 0.102. The van der Waals surface area contributed by atoms with Crippen LogP contribution in [0.2, 0.25) is 5.02 Å². The van der Waals surface area contributed by atoms with Gasteiger partial charge < -0.3 is 5.32 Å². The van der Waals surface area contributed by atoms with Crippen molar-refractivity contribution in [3.05, 3.63) is 106 Å². The van der Waals surface area contributed by atoms with E-state index in [1.807, 2.05) is 0 Å². The van der Waals surface area contributed by atoms with E-state index in [-0.39, 0.29) is 17.5 Å². The largest absolute Gasteiger partial charge is 0.322 e. The average molecular weight is 380 g/mol. The van der Waals surface area contributed by atoms with Crippen LogP contribution in [0, 0.1) is 5.82 Å². The predicted octanol–water partition coefficient (Wildman–Crippen LogP) is 5.63. The average Bonchev–Trinajstić information content (AvgIpc) is 2.68. The molecule has 1 amide bonds. The smallest absolute Gasteiger partial charge is 0.255 e. The summed E-state index contributed by atoms with van der Waals surface area (Å²) in [5, 5.41) is 3.30. The fourth-order valence-corrected chi connectivity index (χ4v) is 2.52. The normalized spacial score (nSPS) is 10.7. The Morgan fingerprint density at radius 3 is 2.30 bits per heavy atom. The van der Waals surface area contributed by atoms with Gasteiger partial charge in [0.1, 0.15) is 5.82 Å². The van der Waals surface area contributed by atoms with Gasteiger partial charge in [-0.05, 0) is 60.2 Å². The zero-order chi connectivity index (χ0) is 19.2. The molecule has 134 valence electrons. The summed E-state index contributed by atoms with van der Waals surface area (Å²) in [5.74, 6) is -0.845. The maximum Gasteiger partial charge on any atom is 0.255 e. The first-order valence-corrected chi connectivity index (χ1v) is 8.54. The molecular formula is C22H15ClFNO2. The number of rotatable bonds is 5. The van der Waals surface area contributed by atoms with E-state index in [1.54, 1.807) is 66.7 Å². The monoisotopic (exact) mass is 379 g/mol. The summed E-state index contributed by atoms with van der Waals surface area (Å²) in [6, 6.07) is 19.0. The number of allylic oxidation sites excluding steroid dienone is 1. The molecule has 0 aliphatic heterocycles. The lowest BCUT2D eigenvalue weighted by Gasteiger charge is -2.06. The van der Waals surface area contributed by atoms with E-state index < -0.39 is 0 Å². The number of nitrogens with one attached hydrogen (secondary N) is 1. The van der Waals surface area contributed by atoms with Gasteiger partial charge in [0.05, 0.1) is 0 Å². The first kappa shape index (κ1) is 18.5.